The number of nitrogen functional groups attached to an aromatic ring is 1. The smallest absolute Gasteiger partial charge is 0.387 e. The first kappa shape index (κ1) is 25.2. The predicted molar refractivity (Wildman–Crippen MR) is 126 cm³/mol. The van der Waals surface area contributed by atoms with Crippen molar-refractivity contribution in [3.63, 3.8) is 0 Å². The summed E-state index contributed by atoms with van der Waals surface area (Å²) in [6.07, 6.45) is 2.61. The summed E-state index contributed by atoms with van der Waals surface area (Å²) < 4.78 is 56.3. The van der Waals surface area contributed by atoms with E-state index in [1.165, 1.54) is 19.4 Å². The summed E-state index contributed by atoms with van der Waals surface area (Å²) in [5, 5.41) is 0. The number of nitrogens with zero attached hydrogens (tertiary/aromatic N) is 5. The second kappa shape index (κ2) is 10.4. The van der Waals surface area contributed by atoms with Crippen molar-refractivity contribution in [3.8, 4) is 17.0 Å². The highest BCUT2D eigenvalue weighted by molar-refractivity contribution is 5.68. The molecule has 0 saturated carbocycles. The van der Waals surface area contributed by atoms with Crippen LogP contribution in [0.25, 0.3) is 11.3 Å². The lowest BCUT2D eigenvalue weighted by atomic mass is 10.1. The molecule has 2 aliphatic heterocycles. The maximum absolute atomic E-state index is 15.1. The highest BCUT2D eigenvalue weighted by Crippen LogP contribution is 2.34. The molecular weight excluding hydrogens is 465 g/mol. The molecule has 2 fully saturated rings. The summed E-state index contributed by atoms with van der Waals surface area (Å²) in [5.74, 6) is 0.579. The number of ether oxygens (including phenoxy) is 3. The predicted octanol–water partition coefficient (Wildman–Crippen LogP) is 3.29. The van der Waals surface area contributed by atoms with E-state index < -0.39 is 12.3 Å². The Kier molecular flexibility index (Phi) is 7.50. The lowest BCUT2D eigenvalue weighted by Gasteiger charge is -2.39. The molecule has 192 valence electrons. The molecule has 0 radical (unpaired) electrons. The first-order chi connectivity index (χ1) is 16.7. The Morgan fingerprint density at radius 3 is 2.83 bits per heavy atom. The van der Waals surface area contributed by atoms with Crippen LogP contribution < -0.4 is 20.3 Å². The Morgan fingerprint density at radius 1 is 1.31 bits per heavy atom. The van der Waals surface area contributed by atoms with Crippen molar-refractivity contribution >= 4 is 17.6 Å². The molecule has 0 aromatic carbocycles. The van der Waals surface area contributed by atoms with Gasteiger partial charge in [-0.15, -0.1) is 0 Å². The lowest BCUT2D eigenvalue weighted by Crippen LogP contribution is -2.48. The van der Waals surface area contributed by atoms with Gasteiger partial charge in [0.15, 0.2) is 17.2 Å². The fourth-order valence-electron chi connectivity index (χ4n) is 4.41. The van der Waals surface area contributed by atoms with Gasteiger partial charge < -0.3 is 29.7 Å². The quantitative estimate of drug-likeness (QED) is 0.590. The Bertz CT molecular complexity index is 1030. The van der Waals surface area contributed by atoms with Crippen molar-refractivity contribution < 1.29 is 27.4 Å². The topological polar surface area (TPSA) is 98.9 Å². The largest absolute Gasteiger partial charge is 0.431 e. The van der Waals surface area contributed by atoms with Crippen LogP contribution in [0.3, 0.4) is 0 Å². The average Bonchev–Trinajstić information content (AvgIpc) is 3.22. The molecule has 0 bridgehead atoms. The SMILES string of the molecule is CC[C@H]1CN(c2cc(-c3cnc(N)c(OC(F)F)c3)nc(N3CCC(F)(COC)C3)n2)[C@@H](C)CO1. The summed E-state index contributed by atoms with van der Waals surface area (Å²) in [7, 11) is 1.47. The second-order valence-electron chi connectivity index (χ2n) is 9.02. The van der Waals surface area contributed by atoms with Gasteiger partial charge >= 0.3 is 6.61 Å². The third-order valence-electron chi connectivity index (χ3n) is 6.34. The molecule has 2 saturated heterocycles. The van der Waals surface area contributed by atoms with Crippen LogP contribution in [0.1, 0.15) is 26.7 Å². The van der Waals surface area contributed by atoms with Crippen LogP contribution >= 0.6 is 0 Å². The van der Waals surface area contributed by atoms with Crippen LogP contribution in [-0.4, -0.2) is 79.3 Å². The van der Waals surface area contributed by atoms with E-state index in [1.54, 1.807) is 11.0 Å². The van der Waals surface area contributed by atoms with Crippen molar-refractivity contribution in [1.82, 2.24) is 15.0 Å². The van der Waals surface area contributed by atoms with Gasteiger partial charge in [-0.05, 0) is 19.4 Å². The molecule has 12 heteroatoms. The minimum atomic E-state index is -3.05. The van der Waals surface area contributed by atoms with E-state index in [-0.39, 0.29) is 43.3 Å². The molecule has 2 aliphatic rings. The van der Waals surface area contributed by atoms with Gasteiger partial charge in [-0.25, -0.2) is 14.4 Å². The van der Waals surface area contributed by atoms with Gasteiger partial charge in [0.25, 0.3) is 0 Å². The van der Waals surface area contributed by atoms with Crippen LogP contribution in [-0.2, 0) is 9.47 Å². The Labute approximate surface area is 202 Å². The number of morpholine rings is 1. The summed E-state index contributed by atoms with van der Waals surface area (Å²) in [4.78, 5) is 17.3. The fourth-order valence-corrected chi connectivity index (χ4v) is 4.41. The van der Waals surface area contributed by atoms with E-state index in [9.17, 15) is 8.78 Å². The van der Waals surface area contributed by atoms with Crippen LogP contribution in [0.2, 0.25) is 0 Å². The first-order valence-electron chi connectivity index (χ1n) is 11.6. The van der Waals surface area contributed by atoms with E-state index in [0.29, 0.717) is 42.7 Å². The number of anilines is 3. The zero-order valence-electron chi connectivity index (χ0n) is 20.1. The molecule has 4 rings (SSSR count). The number of hydrogen-bond acceptors (Lipinski definition) is 9. The highest BCUT2D eigenvalue weighted by Gasteiger charge is 2.40. The van der Waals surface area contributed by atoms with Gasteiger partial charge in [0.2, 0.25) is 5.95 Å². The molecule has 9 nitrogen and oxygen atoms in total. The van der Waals surface area contributed by atoms with Crippen LogP contribution in [0, 0.1) is 0 Å². The highest BCUT2D eigenvalue weighted by atomic mass is 19.3. The Morgan fingerprint density at radius 2 is 2.11 bits per heavy atom. The van der Waals surface area contributed by atoms with Crippen LogP contribution in [0.4, 0.5) is 30.8 Å². The summed E-state index contributed by atoms with van der Waals surface area (Å²) in [6.45, 7) is 2.69. The van der Waals surface area contributed by atoms with Gasteiger partial charge in [-0.2, -0.15) is 13.8 Å². The number of methoxy groups -OCH3 is 1. The molecule has 0 spiro atoms. The zero-order valence-corrected chi connectivity index (χ0v) is 20.1. The minimum Gasteiger partial charge on any atom is -0.431 e. The van der Waals surface area contributed by atoms with Crippen LogP contribution in [0.5, 0.6) is 5.75 Å². The van der Waals surface area contributed by atoms with E-state index >= 15 is 4.39 Å². The second-order valence-corrected chi connectivity index (χ2v) is 9.02. The monoisotopic (exact) mass is 496 g/mol. The van der Waals surface area contributed by atoms with Crippen LogP contribution in [0.15, 0.2) is 18.3 Å². The van der Waals surface area contributed by atoms with E-state index in [2.05, 4.69) is 26.5 Å². The van der Waals surface area contributed by atoms with Gasteiger partial charge in [0.1, 0.15) is 5.82 Å². The Hall–Kier alpha value is -2.86. The normalized spacial score (nSPS) is 24.9. The summed E-state index contributed by atoms with van der Waals surface area (Å²) >= 11 is 0. The summed E-state index contributed by atoms with van der Waals surface area (Å²) in [6, 6.07) is 3.18. The molecule has 4 heterocycles. The maximum Gasteiger partial charge on any atom is 0.387 e. The third kappa shape index (κ3) is 5.69. The number of aromatic nitrogens is 3. The minimum absolute atomic E-state index is 0.0229. The lowest BCUT2D eigenvalue weighted by molar-refractivity contribution is -0.0494. The fraction of sp³-hybridized carbons (Fsp3) is 0.609. The van der Waals surface area contributed by atoms with E-state index in [4.69, 9.17) is 20.2 Å². The molecule has 2 aromatic heterocycles. The molecule has 0 aliphatic carbocycles. The van der Waals surface area contributed by atoms with Crippen molar-refractivity contribution in [2.24, 2.45) is 0 Å². The molecule has 0 amide bonds. The molecule has 35 heavy (non-hydrogen) atoms. The molecular formula is C23H31F3N6O3. The molecule has 1 unspecified atom stereocenters. The van der Waals surface area contributed by atoms with Gasteiger partial charge in [-0.3, -0.25) is 0 Å². The number of rotatable bonds is 8. The molecule has 3 atom stereocenters. The first-order valence-corrected chi connectivity index (χ1v) is 11.6. The maximum atomic E-state index is 15.1. The van der Waals surface area contributed by atoms with Gasteiger partial charge in [0.05, 0.1) is 37.6 Å². The average molecular weight is 497 g/mol. The van der Waals surface area contributed by atoms with Crippen molar-refractivity contribution in [1.29, 1.82) is 0 Å². The van der Waals surface area contributed by atoms with E-state index in [0.717, 1.165) is 6.42 Å². The summed E-state index contributed by atoms with van der Waals surface area (Å²) in [5.41, 5.74) is 5.07. The Balaban J connectivity index is 1.75. The molecule has 2 aromatic rings. The number of halogens is 3. The van der Waals surface area contributed by atoms with Crippen molar-refractivity contribution in [2.45, 2.75) is 51.1 Å². The molecule has 2 N–H and O–H groups in total. The van der Waals surface area contributed by atoms with Gasteiger partial charge in [-0.1, -0.05) is 6.92 Å². The number of pyridine rings is 1. The number of nitrogens with two attached hydrogens (primary N) is 1. The zero-order chi connectivity index (χ0) is 25.2. The van der Waals surface area contributed by atoms with E-state index in [1.807, 2.05) is 6.92 Å². The number of alkyl halides is 3. The third-order valence-corrected chi connectivity index (χ3v) is 6.34. The van der Waals surface area contributed by atoms with Gasteiger partial charge in [0, 0.05) is 44.4 Å². The number of hydrogen-bond donors (Lipinski definition) is 1. The van der Waals surface area contributed by atoms with Crippen molar-refractivity contribution in [2.75, 3.05) is 55.5 Å². The van der Waals surface area contributed by atoms with Crippen molar-refractivity contribution in [3.05, 3.63) is 18.3 Å². The standard InChI is InChI=1S/C23H31F3N6O3/c1-4-16-10-32(14(2)11-34-16)19-8-17(15-7-18(35-21(24)25)20(27)28-9-15)29-22(30-19)31-6-5-23(26,12-31)13-33-3/h7-9,14,16,21H,4-6,10-13H2,1-3H3,(H2,27,28)/t14-,16-,23?/m0/s1.